The van der Waals surface area contributed by atoms with Crippen molar-refractivity contribution in [3.8, 4) is 5.75 Å². The van der Waals surface area contributed by atoms with Gasteiger partial charge in [-0.15, -0.1) is 0 Å². The number of hydrogen-bond donors (Lipinski definition) is 1. The van der Waals surface area contributed by atoms with Crippen LogP contribution in [0.2, 0.25) is 0 Å². The van der Waals surface area contributed by atoms with E-state index in [9.17, 15) is 31.1 Å². The lowest BCUT2D eigenvalue weighted by atomic mass is 10.2. The molecule has 0 aliphatic heterocycles. The third kappa shape index (κ3) is 4.60. The average molecular weight is 481 g/mol. The zero-order valence-electron chi connectivity index (χ0n) is 16.9. The Bertz CT molecular complexity index is 1340. The van der Waals surface area contributed by atoms with Crippen molar-refractivity contribution < 1.29 is 40.3 Å². The molecule has 34 heavy (non-hydrogen) atoms. The molecule has 1 amide bonds. The van der Waals surface area contributed by atoms with Crippen LogP contribution in [0.4, 0.5) is 32.0 Å². The number of rotatable bonds is 7. The highest BCUT2D eigenvalue weighted by Gasteiger charge is 2.27. The van der Waals surface area contributed by atoms with Crippen molar-refractivity contribution in [2.75, 3.05) is 5.32 Å². The van der Waals surface area contributed by atoms with Crippen molar-refractivity contribution >= 4 is 11.6 Å². The van der Waals surface area contributed by atoms with Crippen LogP contribution in [0.15, 0.2) is 53.2 Å². The summed E-state index contributed by atoms with van der Waals surface area (Å²) >= 11 is 0. The van der Waals surface area contributed by atoms with Crippen LogP contribution in [0.3, 0.4) is 0 Å². The summed E-state index contributed by atoms with van der Waals surface area (Å²) in [7, 11) is 0. The largest absolute Gasteiger partial charge is 0.479 e. The first-order chi connectivity index (χ1) is 16.2. The van der Waals surface area contributed by atoms with E-state index in [0.29, 0.717) is 5.56 Å². The highest BCUT2D eigenvalue weighted by molar-refractivity contribution is 6.02. The van der Waals surface area contributed by atoms with Gasteiger partial charge in [0.05, 0.1) is 18.4 Å². The Labute approximate surface area is 187 Å². The minimum absolute atomic E-state index is 0.121. The number of anilines is 1. The molecule has 6 nitrogen and oxygen atoms in total. The molecule has 2 heterocycles. The Kier molecular flexibility index (Phi) is 6.30. The van der Waals surface area contributed by atoms with E-state index in [-0.39, 0.29) is 23.8 Å². The Hall–Kier alpha value is -4.22. The average Bonchev–Trinajstić information content (AvgIpc) is 3.47. The summed E-state index contributed by atoms with van der Waals surface area (Å²) in [4.78, 5) is 12.4. The van der Waals surface area contributed by atoms with Crippen molar-refractivity contribution in [2.45, 2.75) is 13.2 Å². The third-order valence-corrected chi connectivity index (χ3v) is 4.60. The van der Waals surface area contributed by atoms with Gasteiger partial charge in [0, 0.05) is 11.8 Å². The molecule has 2 aromatic carbocycles. The molecule has 0 atom stereocenters. The lowest BCUT2D eigenvalue weighted by molar-refractivity contribution is 0.0992. The predicted molar refractivity (Wildman–Crippen MR) is 105 cm³/mol. The summed E-state index contributed by atoms with van der Waals surface area (Å²) in [5, 5.41) is 6.52. The number of carbonyl (C=O) groups excluding carboxylic acids is 1. The van der Waals surface area contributed by atoms with Crippen molar-refractivity contribution in [3.05, 3.63) is 101 Å². The van der Waals surface area contributed by atoms with Gasteiger partial charge in [-0.25, -0.2) is 17.6 Å². The molecule has 0 radical (unpaired) electrons. The quantitative estimate of drug-likeness (QED) is 0.224. The molecule has 12 heteroatoms. The Morgan fingerprint density at radius 3 is 2.32 bits per heavy atom. The number of ether oxygens (including phenoxy) is 1. The van der Waals surface area contributed by atoms with Crippen LogP contribution in [0.25, 0.3) is 0 Å². The molecule has 0 aliphatic carbocycles. The molecule has 0 saturated carbocycles. The van der Waals surface area contributed by atoms with Crippen LogP contribution in [-0.4, -0.2) is 15.7 Å². The minimum Gasteiger partial charge on any atom is -0.479 e. The number of hydrogen-bond acceptors (Lipinski definition) is 4. The van der Waals surface area contributed by atoms with Gasteiger partial charge in [-0.1, -0.05) is 18.2 Å². The first kappa shape index (κ1) is 23.0. The fourth-order valence-electron chi connectivity index (χ4n) is 2.94. The van der Waals surface area contributed by atoms with Crippen LogP contribution in [-0.2, 0) is 13.2 Å². The van der Waals surface area contributed by atoms with Crippen molar-refractivity contribution in [3.63, 3.8) is 0 Å². The number of nitrogens with one attached hydrogen (secondary N) is 1. The predicted octanol–water partition coefficient (Wildman–Crippen LogP) is 5.19. The maximum absolute atomic E-state index is 13.8. The zero-order chi connectivity index (χ0) is 24.4. The molecule has 4 rings (SSSR count). The number of amides is 1. The van der Waals surface area contributed by atoms with E-state index in [4.69, 9.17) is 4.42 Å². The number of carbonyl (C=O) groups is 1. The highest BCUT2D eigenvalue weighted by Crippen LogP contribution is 2.30. The van der Waals surface area contributed by atoms with Gasteiger partial charge in [0.15, 0.2) is 11.5 Å². The monoisotopic (exact) mass is 481 g/mol. The number of nitrogens with zero attached hydrogens (tertiary/aromatic N) is 2. The van der Waals surface area contributed by atoms with Crippen LogP contribution in [0.5, 0.6) is 5.75 Å². The van der Waals surface area contributed by atoms with Crippen LogP contribution < -0.4 is 10.1 Å². The topological polar surface area (TPSA) is 69.3 Å². The second-order valence-corrected chi connectivity index (χ2v) is 6.93. The van der Waals surface area contributed by atoms with Gasteiger partial charge in [0.1, 0.15) is 18.2 Å². The summed E-state index contributed by atoms with van der Waals surface area (Å²) in [5.41, 5.74) is 0.671. The van der Waals surface area contributed by atoms with Crippen molar-refractivity contribution in [2.24, 2.45) is 0 Å². The highest BCUT2D eigenvalue weighted by atomic mass is 19.2. The van der Waals surface area contributed by atoms with E-state index >= 15 is 0 Å². The Morgan fingerprint density at radius 1 is 0.941 bits per heavy atom. The summed E-state index contributed by atoms with van der Waals surface area (Å²) in [6.07, 6.45) is 2.79. The van der Waals surface area contributed by atoms with Gasteiger partial charge in [-0.05, 0) is 18.2 Å². The van der Waals surface area contributed by atoms with E-state index in [0.717, 1.165) is 0 Å². The SMILES string of the molecule is O=C(Nc1cnn(Cc2ccccc2F)c1)c1ccc(COc2c(F)c(F)c(F)c(F)c2F)o1. The number of halogens is 6. The lowest BCUT2D eigenvalue weighted by Gasteiger charge is -2.09. The smallest absolute Gasteiger partial charge is 0.291 e. The van der Waals surface area contributed by atoms with Crippen molar-refractivity contribution in [1.82, 2.24) is 9.78 Å². The van der Waals surface area contributed by atoms with Gasteiger partial charge >= 0.3 is 0 Å². The Balaban J connectivity index is 1.39. The maximum Gasteiger partial charge on any atom is 0.291 e. The van der Waals surface area contributed by atoms with E-state index in [1.807, 2.05) is 0 Å². The van der Waals surface area contributed by atoms with Crippen LogP contribution >= 0.6 is 0 Å². The summed E-state index contributed by atoms with van der Waals surface area (Å²) in [6, 6.07) is 8.58. The van der Waals surface area contributed by atoms with Gasteiger partial charge < -0.3 is 14.5 Å². The number of aromatic nitrogens is 2. The minimum atomic E-state index is -2.31. The first-order valence-electron chi connectivity index (χ1n) is 9.54. The number of benzene rings is 2. The van der Waals surface area contributed by atoms with Gasteiger partial charge in [0.2, 0.25) is 29.1 Å². The second-order valence-electron chi connectivity index (χ2n) is 6.93. The molecule has 1 N–H and O–H groups in total. The molecule has 0 bridgehead atoms. The molecular formula is C22H13F6N3O3. The summed E-state index contributed by atoms with van der Waals surface area (Å²) < 4.78 is 92.0. The summed E-state index contributed by atoms with van der Waals surface area (Å²) in [5.74, 6) is -13.8. The zero-order valence-corrected chi connectivity index (χ0v) is 16.9. The van der Waals surface area contributed by atoms with Gasteiger partial charge in [-0.3, -0.25) is 9.48 Å². The maximum atomic E-state index is 13.8. The first-order valence-corrected chi connectivity index (χ1v) is 9.54. The number of furan rings is 1. The van der Waals surface area contributed by atoms with E-state index < -0.39 is 53.2 Å². The van der Waals surface area contributed by atoms with Crippen LogP contribution in [0.1, 0.15) is 21.9 Å². The van der Waals surface area contributed by atoms with E-state index in [1.165, 1.54) is 35.3 Å². The van der Waals surface area contributed by atoms with Crippen LogP contribution in [0, 0.1) is 34.9 Å². The normalized spacial score (nSPS) is 11.0. The molecule has 2 aromatic heterocycles. The van der Waals surface area contributed by atoms with Crippen molar-refractivity contribution in [1.29, 1.82) is 0 Å². The molecule has 0 saturated heterocycles. The molecule has 176 valence electrons. The van der Waals surface area contributed by atoms with E-state index in [2.05, 4.69) is 15.2 Å². The fraction of sp³-hybridized carbons (Fsp3) is 0.0909. The standard InChI is InChI=1S/C22H13F6N3O3/c23-14-4-2-1-3-11(14)8-31-9-12(7-29-31)30-22(32)15-6-5-13(34-15)10-33-21-19(27)17(25)16(24)18(26)20(21)28/h1-7,9H,8,10H2,(H,30,32). The molecule has 0 aliphatic rings. The molecular weight excluding hydrogens is 468 g/mol. The van der Waals surface area contributed by atoms with E-state index in [1.54, 1.807) is 18.2 Å². The fourth-order valence-corrected chi connectivity index (χ4v) is 2.94. The molecule has 0 spiro atoms. The second kappa shape index (κ2) is 9.33. The molecule has 0 fully saturated rings. The van der Waals surface area contributed by atoms with Gasteiger partial charge in [-0.2, -0.15) is 13.9 Å². The molecule has 4 aromatic rings. The van der Waals surface area contributed by atoms with Gasteiger partial charge in [0.25, 0.3) is 5.91 Å². The lowest BCUT2D eigenvalue weighted by Crippen LogP contribution is -2.10. The summed E-state index contributed by atoms with van der Waals surface area (Å²) in [6.45, 7) is -0.589. The third-order valence-electron chi connectivity index (χ3n) is 4.60. The molecule has 0 unspecified atom stereocenters. The Morgan fingerprint density at radius 2 is 1.62 bits per heavy atom.